The van der Waals surface area contributed by atoms with Gasteiger partial charge in [-0.15, -0.1) is 0 Å². The standard InChI is InChI=1S/C20H20N4O3/c1-12-7-8-16-14(9-12)23-20(26)17(27-16)10-19(25)21-11-18-22-13-5-3-4-6-15(13)24(18)2/h3-9,17H,10-11H2,1-2H3,(H,21,25)(H,23,26). The van der Waals surface area contributed by atoms with Gasteiger partial charge >= 0.3 is 0 Å². The topological polar surface area (TPSA) is 85.3 Å². The Morgan fingerprint density at radius 1 is 1.30 bits per heavy atom. The number of anilines is 1. The summed E-state index contributed by atoms with van der Waals surface area (Å²) in [5, 5.41) is 5.62. The highest BCUT2D eigenvalue weighted by atomic mass is 16.5. The zero-order valence-corrected chi connectivity index (χ0v) is 15.2. The maximum atomic E-state index is 12.3. The van der Waals surface area contributed by atoms with E-state index < -0.39 is 6.10 Å². The van der Waals surface area contributed by atoms with Gasteiger partial charge in [0.15, 0.2) is 6.10 Å². The summed E-state index contributed by atoms with van der Waals surface area (Å²) in [5.74, 6) is 0.747. The van der Waals surface area contributed by atoms with Crippen LogP contribution in [-0.4, -0.2) is 27.5 Å². The molecule has 0 bridgehead atoms. The summed E-state index contributed by atoms with van der Waals surface area (Å²) >= 11 is 0. The molecule has 1 unspecified atom stereocenters. The smallest absolute Gasteiger partial charge is 0.266 e. The third-order valence-electron chi connectivity index (χ3n) is 4.65. The van der Waals surface area contributed by atoms with Crippen LogP contribution in [0.5, 0.6) is 5.75 Å². The summed E-state index contributed by atoms with van der Waals surface area (Å²) < 4.78 is 7.64. The van der Waals surface area contributed by atoms with E-state index in [0.29, 0.717) is 11.4 Å². The second kappa shape index (κ2) is 6.75. The van der Waals surface area contributed by atoms with Crippen molar-refractivity contribution in [3.05, 3.63) is 53.9 Å². The number of aryl methyl sites for hydroxylation is 2. The Hall–Kier alpha value is -3.35. The highest BCUT2D eigenvalue weighted by Crippen LogP contribution is 2.31. The van der Waals surface area contributed by atoms with Crippen LogP contribution in [0.25, 0.3) is 11.0 Å². The number of fused-ring (bicyclic) bond motifs is 2. The summed E-state index contributed by atoms with van der Waals surface area (Å²) in [5.41, 5.74) is 3.54. The Morgan fingerprint density at radius 2 is 2.11 bits per heavy atom. The van der Waals surface area contributed by atoms with E-state index in [0.717, 1.165) is 22.4 Å². The number of nitrogens with zero attached hydrogens (tertiary/aromatic N) is 2. The molecule has 0 fully saturated rings. The van der Waals surface area contributed by atoms with Crippen molar-refractivity contribution in [3.8, 4) is 5.75 Å². The molecule has 0 spiro atoms. The Labute approximate surface area is 156 Å². The number of hydrogen-bond donors (Lipinski definition) is 2. The van der Waals surface area contributed by atoms with Crippen LogP contribution >= 0.6 is 0 Å². The van der Waals surface area contributed by atoms with Crippen LogP contribution < -0.4 is 15.4 Å². The van der Waals surface area contributed by atoms with Crippen LogP contribution in [0.3, 0.4) is 0 Å². The molecule has 0 saturated carbocycles. The molecule has 2 heterocycles. The molecule has 2 amide bonds. The third-order valence-corrected chi connectivity index (χ3v) is 4.65. The number of benzene rings is 2. The third kappa shape index (κ3) is 3.36. The van der Waals surface area contributed by atoms with Gasteiger partial charge in [-0.05, 0) is 36.8 Å². The summed E-state index contributed by atoms with van der Waals surface area (Å²) in [7, 11) is 1.91. The number of hydrogen-bond acceptors (Lipinski definition) is 4. The molecular weight excluding hydrogens is 344 g/mol. The number of ether oxygens (including phenoxy) is 1. The number of carbonyl (C=O) groups is 2. The van der Waals surface area contributed by atoms with Gasteiger partial charge in [0, 0.05) is 7.05 Å². The summed E-state index contributed by atoms with van der Waals surface area (Å²) in [4.78, 5) is 29.1. The van der Waals surface area contributed by atoms with E-state index in [1.54, 1.807) is 6.07 Å². The predicted molar refractivity (Wildman–Crippen MR) is 101 cm³/mol. The highest BCUT2D eigenvalue weighted by Gasteiger charge is 2.29. The SMILES string of the molecule is Cc1ccc2c(c1)NC(=O)C(CC(=O)NCc1nc3ccccc3n1C)O2. The van der Waals surface area contributed by atoms with Crippen molar-refractivity contribution in [2.45, 2.75) is 26.0 Å². The van der Waals surface area contributed by atoms with E-state index >= 15 is 0 Å². The van der Waals surface area contributed by atoms with Crippen molar-refractivity contribution in [1.29, 1.82) is 0 Å². The molecule has 2 aromatic carbocycles. The molecule has 27 heavy (non-hydrogen) atoms. The van der Waals surface area contributed by atoms with E-state index in [4.69, 9.17) is 4.74 Å². The number of carbonyl (C=O) groups excluding carboxylic acids is 2. The second-order valence-electron chi connectivity index (χ2n) is 6.65. The first-order chi connectivity index (χ1) is 13.0. The molecule has 1 aromatic heterocycles. The van der Waals surface area contributed by atoms with Gasteiger partial charge < -0.3 is 19.9 Å². The molecule has 2 N–H and O–H groups in total. The summed E-state index contributed by atoms with van der Waals surface area (Å²) in [6.07, 6.45) is -0.899. The van der Waals surface area contributed by atoms with Crippen LogP contribution in [0.2, 0.25) is 0 Å². The molecule has 0 radical (unpaired) electrons. The average molecular weight is 364 g/mol. The number of aromatic nitrogens is 2. The van der Waals surface area contributed by atoms with Crippen molar-refractivity contribution in [3.63, 3.8) is 0 Å². The van der Waals surface area contributed by atoms with Gasteiger partial charge in [0.05, 0.1) is 29.7 Å². The van der Waals surface area contributed by atoms with Crippen molar-refractivity contribution < 1.29 is 14.3 Å². The lowest BCUT2D eigenvalue weighted by atomic mass is 10.1. The van der Waals surface area contributed by atoms with Gasteiger partial charge in [0.25, 0.3) is 5.91 Å². The number of para-hydroxylation sites is 2. The molecule has 0 aliphatic carbocycles. The maximum Gasteiger partial charge on any atom is 0.266 e. The fourth-order valence-electron chi connectivity index (χ4n) is 3.17. The lowest BCUT2D eigenvalue weighted by Gasteiger charge is -2.25. The van der Waals surface area contributed by atoms with E-state index in [1.807, 2.05) is 54.9 Å². The molecule has 3 aromatic rings. The van der Waals surface area contributed by atoms with Gasteiger partial charge in [-0.1, -0.05) is 18.2 Å². The Bertz CT molecular complexity index is 1040. The summed E-state index contributed by atoms with van der Waals surface area (Å²) in [6, 6.07) is 13.3. The van der Waals surface area contributed by atoms with E-state index in [-0.39, 0.29) is 24.8 Å². The first-order valence-corrected chi connectivity index (χ1v) is 8.76. The van der Waals surface area contributed by atoms with Crippen LogP contribution in [0.4, 0.5) is 5.69 Å². The molecular formula is C20H20N4O3. The van der Waals surface area contributed by atoms with Crippen molar-refractivity contribution in [2.75, 3.05) is 5.32 Å². The molecule has 4 rings (SSSR count). The van der Waals surface area contributed by atoms with Gasteiger partial charge in [-0.3, -0.25) is 9.59 Å². The van der Waals surface area contributed by atoms with E-state index in [2.05, 4.69) is 15.6 Å². The second-order valence-corrected chi connectivity index (χ2v) is 6.65. The molecule has 1 aliphatic rings. The molecule has 7 nitrogen and oxygen atoms in total. The fraction of sp³-hybridized carbons (Fsp3) is 0.250. The minimum atomic E-state index is -0.847. The average Bonchev–Trinajstić information content (AvgIpc) is 2.97. The van der Waals surface area contributed by atoms with Gasteiger partial charge in [0.2, 0.25) is 5.91 Å². The van der Waals surface area contributed by atoms with Crippen molar-refractivity contribution in [2.24, 2.45) is 7.05 Å². The van der Waals surface area contributed by atoms with Gasteiger partial charge in [-0.25, -0.2) is 4.98 Å². The van der Waals surface area contributed by atoms with E-state index in [1.165, 1.54) is 0 Å². The quantitative estimate of drug-likeness (QED) is 0.744. The Morgan fingerprint density at radius 3 is 2.93 bits per heavy atom. The van der Waals surface area contributed by atoms with Crippen molar-refractivity contribution >= 4 is 28.5 Å². The first kappa shape index (κ1) is 17.1. The van der Waals surface area contributed by atoms with Crippen LogP contribution in [0.1, 0.15) is 17.8 Å². The lowest BCUT2D eigenvalue weighted by molar-refractivity contribution is -0.130. The minimum absolute atomic E-state index is 0.0525. The fourth-order valence-corrected chi connectivity index (χ4v) is 3.17. The van der Waals surface area contributed by atoms with Crippen LogP contribution in [0.15, 0.2) is 42.5 Å². The number of imidazole rings is 1. The molecule has 1 atom stereocenters. The van der Waals surface area contributed by atoms with Crippen molar-refractivity contribution in [1.82, 2.24) is 14.9 Å². The van der Waals surface area contributed by atoms with Gasteiger partial charge in [0.1, 0.15) is 11.6 Å². The number of nitrogens with one attached hydrogen (secondary N) is 2. The minimum Gasteiger partial charge on any atom is -0.478 e. The number of amides is 2. The largest absolute Gasteiger partial charge is 0.478 e. The normalized spacial score (nSPS) is 15.8. The highest BCUT2D eigenvalue weighted by molar-refractivity contribution is 6.00. The predicted octanol–water partition coefficient (Wildman–Crippen LogP) is 2.29. The Balaban J connectivity index is 1.40. The Kier molecular flexibility index (Phi) is 4.27. The molecule has 0 saturated heterocycles. The summed E-state index contributed by atoms with van der Waals surface area (Å²) in [6.45, 7) is 2.22. The lowest BCUT2D eigenvalue weighted by Crippen LogP contribution is -2.41. The van der Waals surface area contributed by atoms with Gasteiger partial charge in [-0.2, -0.15) is 0 Å². The molecule has 1 aliphatic heterocycles. The first-order valence-electron chi connectivity index (χ1n) is 8.76. The molecule has 7 heteroatoms. The van der Waals surface area contributed by atoms with Crippen LogP contribution in [-0.2, 0) is 23.2 Å². The zero-order chi connectivity index (χ0) is 19.0. The van der Waals surface area contributed by atoms with E-state index in [9.17, 15) is 9.59 Å². The van der Waals surface area contributed by atoms with Crippen LogP contribution in [0, 0.1) is 6.92 Å². The monoisotopic (exact) mass is 364 g/mol. The molecule has 138 valence electrons. The maximum absolute atomic E-state index is 12.3. The number of rotatable bonds is 4. The zero-order valence-electron chi connectivity index (χ0n) is 15.2.